The number of methoxy groups -OCH3 is 1. The highest BCUT2D eigenvalue weighted by Gasteiger charge is 2.27. The standard InChI is InChI=1S/C21H22N4O5S2/c1-29-17-8-6-16(7-9-17)22-19(26)14-31-21-24-23-20(30-21)15-4-10-18(11-5-15)32(27,28)25-12-2-3-13-25/h4-11H,2-3,12-14H2,1H3,(H,22,26). The molecule has 1 N–H and O–H groups in total. The average Bonchev–Trinajstić information content (AvgIpc) is 3.51. The van der Waals surface area contributed by atoms with Crippen LogP contribution in [-0.4, -0.2) is 54.8 Å². The van der Waals surface area contributed by atoms with E-state index in [1.807, 2.05) is 0 Å². The number of carbonyl (C=O) groups excluding carboxylic acids is 1. The van der Waals surface area contributed by atoms with Gasteiger partial charge in [-0.3, -0.25) is 4.79 Å². The Kier molecular flexibility index (Phi) is 6.77. The van der Waals surface area contributed by atoms with Crippen LogP contribution in [0, 0.1) is 0 Å². The van der Waals surface area contributed by atoms with E-state index in [0.717, 1.165) is 24.6 Å². The molecule has 9 nitrogen and oxygen atoms in total. The van der Waals surface area contributed by atoms with Gasteiger partial charge in [0.2, 0.25) is 21.8 Å². The molecule has 3 aromatic rings. The van der Waals surface area contributed by atoms with Crippen LogP contribution >= 0.6 is 11.8 Å². The van der Waals surface area contributed by atoms with Gasteiger partial charge in [0.1, 0.15) is 5.75 Å². The molecule has 1 aromatic heterocycles. The fourth-order valence-corrected chi connectivity index (χ4v) is 5.31. The maximum Gasteiger partial charge on any atom is 0.277 e. The fraction of sp³-hybridized carbons (Fsp3) is 0.286. The van der Waals surface area contributed by atoms with E-state index in [2.05, 4.69) is 15.5 Å². The Balaban J connectivity index is 1.34. The SMILES string of the molecule is COc1ccc(NC(=O)CSc2nnc(-c3ccc(S(=O)(=O)N4CCCC4)cc3)o2)cc1. The van der Waals surface area contributed by atoms with Crippen molar-refractivity contribution in [2.75, 3.05) is 31.3 Å². The molecule has 0 bridgehead atoms. The number of nitrogens with zero attached hydrogens (tertiary/aromatic N) is 3. The van der Waals surface area contributed by atoms with E-state index in [1.54, 1.807) is 55.6 Å². The number of hydrogen-bond donors (Lipinski definition) is 1. The molecular formula is C21H22N4O5S2. The molecule has 1 aliphatic heterocycles. The van der Waals surface area contributed by atoms with E-state index in [4.69, 9.17) is 9.15 Å². The topological polar surface area (TPSA) is 115 Å². The number of aromatic nitrogens is 2. The van der Waals surface area contributed by atoms with E-state index in [0.29, 0.717) is 30.1 Å². The lowest BCUT2D eigenvalue weighted by Crippen LogP contribution is -2.27. The van der Waals surface area contributed by atoms with E-state index in [-0.39, 0.29) is 27.7 Å². The van der Waals surface area contributed by atoms with Gasteiger partial charge in [0.15, 0.2) is 0 Å². The molecule has 0 spiro atoms. The molecule has 2 heterocycles. The van der Waals surface area contributed by atoms with Crippen molar-refractivity contribution in [1.82, 2.24) is 14.5 Å². The normalized spacial score (nSPS) is 14.4. The number of benzene rings is 2. The van der Waals surface area contributed by atoms with Gasteiger partial charge in [-0.05, 0) is 61.4 Å². The Morgan fingerprint density at radius 2 is 1.78 bits per heavy atom. The van der Waals surface area contributed by atoms with Crippen LogP contribution in [0.25, 0.3) is 11.5 Å². The number of ether oxygens (including phenoxy) is 1. The van der Waals surface area contributed by atoms with Crippen LogP contribution in [0.15, 0.2) is 63.1 Å². The molecule has 2 aromatic carbocycles. The lowest BCUT2D eigenvalue weighted by atomic mass is 10.2. The predicted molar refractivity (Wildman–Crippen MR) is 120 cm³/mol. The summed E-state index contributed by atoms with van der Waals surface area (Å²) in [6.07, 6.45) is 1.77. The van der Waals surface area contributed by atoms with Crippen molar-refractivity contribution >= 4 is 33.4 Å². The molecule has 11 heteroatoms. The number of thioether (sulfide) groups is 1. The highest BCUT2D eigenvalue weighted by Crippen LogP contribution is 2.26. The zero-order valence-corrected chi connectivity index (χ0v) is 19.0. The molecule has 1 aliphatic rings. The summed E-state index contributed by atoms with van der Waals surface area (Å²) in [7, 11) is -1.89. The summed E-state index contributed by atoms with van der Waals surface area (Å²) in [6, 6.07) is 13.4. The number of rotatable bonds is 8. The van der Waals surface area contributed by atoms with Crippen molar-refractivity contribution in [2.24, 2.45) is 0 Å². The second kappa shape index (κ2) is 9.72. The zero-order valence-electron chi connectivity index (χ0n) is 17.4. The summed E-state index contributed by atoms with van der Waals surface area (Å²) in [4.78, 5) is 12.4. The highest BCUT2D eigenvalue weighted by molar-refractivity contribution is 7.99. The molecule has 4 rings (SSSR count). The zero-order chi connectivity index (χ0) is 22.6. The van der Waals surface area contributed by atoms with Gasteiger partial charge in [0.25, 0.3) is 5.22 Å². The van der Waals surface area contributed by atoms with Crippen LogP contribution in [0.4, 0.5) is 5.69 Å². The molecule has 1 amide bonds. The number of carbonyl (C=O) groups is 1. The molecule has 1 saturated heterocycles. The van der Waals surface area contributed by atoms with Gasteiger partial charge in [0, 0.05) is 24.3 Å². The molecule has 0 radical (unpaired) electrons. The largest absolute Gasteiger partial charge is 0.497 e. The van der Waals surface area contributed by atoms with Gasteiger partial charge in [-0.2, -0.15) is 4.31 Å². The quantitative estimate of drug-likeness (QED) is 0.495. The van der Waals surface area contributed by atoms with Crippen LogP contribution < -0.4 is 10.1 Å². The smallest absolute Gasteiger partial charge is 0.277 e. The summed E-state index contributed by atoms with van der Waals surface area (Å²) in [5.74, 6) is 0.850. The Bertz CT molecular complexity index is 1170. The van der Waals surface area contributed by atoms with Crippen LogP contribution in [0.1, 0.15) is 12.8 Å². The van der Waals surface area contributed by atoms with Crippen molar-refractivity contribution in [3.63, 3.8) is 0 Å². The van der Waals surface area contributed by atoms with Gasteiger partial charge in [-0.25, -0.2) is 8.42 Å². The number of nitrogens with one attached hydrogen (secondary N) is 1. The molecule has 0 unspecified atom stereocenters. The third kappa shape index (κ3) is 5.12. The monoisotopic (exact) mass is 474 g/mol. The Morgan fingerprint density at radius 3 is 2.44 bits per heavy atom. The number of hydrogen-bond acceptors (Lipinski definition) is 8. The maximum absolute atomic E-state index is 12.6. The first-order chi connectivity index (χ1) is 15.5. The Labute approximate surface area is 190 Å². The van der Waals surface area contributed by atoms with Crippen LogP contribution in [-0.2, 0) is 14.8 Å². The van der Waals surface area contributed by atoms with Crippen molar-refractivity contribution in [2.45, 2.75) is 23.0 Å². The first kappa shape index (κ1) is 22.3. The molecule has 0 aliphatic carbocycles. The van der Waals surface area contributed by atoms with Crippen molar-refractivity contribution < 1.29 is 22.4 Å². The minimum absolute atomic E-state index is 0.0979. The lowest BCUT2D eigenvalue weighted by molar-refractivity contribution is -0.113. The van der Waals surface area contributed by atoms with Crippen molar-refractivity contribution in [3.05, 3.63) is 48.5 Å². The Hall–Kier alpha value is -2.89. The van der Waals surface area contributed by atoms with E-state index < -0.39 is 10.0 Å². The minimum Gasteiger partial charge on any atom is -0.497 e. The third-order valence-electron chi connectivity index (χ3n) is 4.91. The average molecular weight is 475 g/mol. The fourth-order valence-electron chi connectivity index (χ4n) is 3.23. The van der Waals surface area contributed by atoms with Crippen LogP contribution in [0.2, 0.25) is 0 Å². The maximum atomic E-state index is 12.6. The summed E-state index contributed by atoms with van der Waals surface area (Å²) in [6.45, 7) is 1.11. The summed E-state index contributed by atoms with van der Waals surface area (Å²) >= 11 is 1.12. The molecule has 168 valence electrons. The molecule has 1 fully saturated rings. The molecule has 0 saturated carbocycles. The van der Waals surface area contributed by atoms with Crippen LogP contribution in [0.5, 0.6) is 5.75 Å². The number of sulfonamides is 1. The van der Waals surface area contributed by atoms with E-state index >= 15 is 0 Å². The van der Waals surface area contributed by atoms with Crippen LogP contribution in [0.3, 0.4) is 0 Å². The van der Waals surface area contributed by atoms with Gasteiger partial charge in [-0.15, -0.1) is 10.2 Å². The molecule has 32 heavy (non-hydrogen) atoms. The second-order valence-electron chi connectivity index (χ2n) is 7.07. The lowest BCUT2D eigenvalue weighted by Gasteiger charge is -2.15. The van der Waals surface area contributed by atoms with Crippen molar-refractivity contribution in [3.8, 4) is 17.2 Å². The predicted octanol–water partition coefficient (Wildman–Crippen LogP) is 3.26. The van der Waals surface area contributed by atoms with E-state index in [1.165, 1.54) is 4.31 Å². The highest BCUT2D eigenvalue weighted by atomic mass is 32.2. The van der Waals surface area contributed by atoms with Crippen molar-refractivity contribution in [1.29, 1.82) is 0 Å². The summed E-state index contributed by atoms with van der Waals surface area (Å²) < 4.78 is 37.4. The first-order valence-electron chi connectivity index (χ1n) is 9.96. The minimum atomic E-state index is -3.47. The first-order valence-corrected chi connectivity index (χ1v) is 12.4. The van der Waals surface area contributed by atoms with Gasteiger partial charge in [0.05, 0.1) is 17.8 Å². The molecule has 0 atom stereocenters. The van der Waals surface area contributed by atoms with E-state index in [9.17, 15) is 13.2 Å². The second-order valence-corrected chi connectivity index (χ2v) is 9.94. The van der Waals surface area contributed by atoms with Gasteiger partial charge >= 0.3 is 0 Å². The molecular weight excluding hydrogens is 452 g/mol. The summed E-state index contributed by atoms with van der Waals surface area (Å²) in [5, 5.41) is 11.0. The number of anilines is 1. The van der Waals surface area contributed by atoms with Gasteiger partial charge < -0.3 is 14.5 Å². The third-order valence-corrected chi connectivity index (χ3v) is 7.64. The van der Waals surface area contributed by atoms with Gasteiger partial charge in [-0.1, -0.05) is 11.8 Å². The number of amides is 1. The summed E-state index contributed by atoms with van der Waals surface area (Å²) in [5.41, 5.74) is 1.26. The Morgan fingerprint density at radius 1 is 1.09 bits per heavy atom.